The maximum atomic E-state index is 13.6. The normalized spacial score (nSPS) is 40.7. The number of nitrogens with two attached hydrogens (primary N) is 1. The minimum absolute atomic E-state index is 0.00468. The zero-order chi connectivity index (χ0) is 23.5. The van der Waals surface area contributed by atoms with Crippen LogP contribution in [0.5, 0.6) is 0 Å². The molecule has 0 radical (unpaired) electrons. The Bertz CT molecular complexity index is 688. The van der Waals surface area contributed by atoms with Crippen molar-refractivity contribution >= 4 is 11.8 Å². The van der Waals surface area contributed by atoms with E-state index in [1.807, 2.05) is 0 Å². The van der Waals surface area contributed by atoms with Crippen molar-refractivity contribution in [3.05, 3.63) is 0 Å². The lowest BCUT2D eigenvalue weighted by molar-refractivity contribution is -0.133. The third-order valence-electron chi connectivity index (χ3n) is 7.61. The summed E-state index contributed by atoms with van der Waals surface area (Å²) in [5.41, 5.74) is 5.72. The van der Waals surface area contributed by atoms with Crippen LogP contribution in [-0.4, -0.2) is 101 Å². The number of methoxy groups -OCH3 is 1. The minimum Gasteiger partial charge on any atom is -0.379 e. The molecule has 2 amide bonds. The highest BCUT2D eigenvalue weighted by Gasteiger charge is 2.44. The summed E-state index contributed by atoms with van der Waals surface area (Å²) < 4.78 is 19.5. The van der Waals surface area contributed by atoms with Crippen molar-refractivity contribution in [1.82, 2.24) is 36.8 Å². The van der Waals surface area contributed by atoms with Crippen LogP contribution in [0, 0.1) is 17.8 Å². The number of nitrogens with zero attached hydrogens (tertiary/aromatic N) is 1. The Hall–Kier alpha value is -1.41. The lowest BCUT2D eigenvalue weighted by Gasteiger charge is -2.50. The van der Waals surface area contributed by atoms with Crippen molar-refractivity contribution in [2.75, 3.05) is 46.9 Å². The average Bonchev–Trinajstić information content (AvgIpc) is 2.78. The molecule has 8 N–H and O–H groups in total. The van der Waals surface area contributed by atoms with Crippen molar-refractivity contribution in [2.45, 2.75) is 56.2 Å². The predicted octanol–water partition coefficient (Wildman–Crippen LogP) is -2.80. The summed E-state index contributed by atoms with van der Waals surface area (Å²) in [6.45, 7) is 2.44. The Morgan fingerprint density at radius 2 is 1.85 bits per heavy atom. The summed E-state index contributed by atoms with van der Waals surface area (Å²) in [4.78, 5) is 26.2. The van der Waals surface area contributed by atoms with Gasteiger partial charge in [0.1, 0.15) is 12.5 Å². The van der Waals surface area contributed by atoms with Crippen molar-refractivity contribution in [3.63, 3.8) is 0 Å². The van der Waals surface area contributed by atoms with E-state index >= 15 is 0 Å². The van der Waals surface area contributed by atoms with Crippen molar-refractivity contribution in [2.24, 2.45) is 23.5 Å². The third-order valence-corrected chi connectivity index (χ3v) is 7.61. The van der Waals surface area contributed by atoms with Gasteiger partial charge < -0.3 is 15.8 Å². The SMILES string of the molecule is CNC(=O)C1CN(C2NCC(C(N)=O)C(NC3CCCC(C4NCC(F)CN4)C3OC)N2)C1. The first kappa shape index (κ1) is 24.7. The molecule has 188 valence electrons. The number of amides is 2. The molecule has 3 aliphatic heterocycles. The van der Waals surface area contributed by atoms with Gasteiger partial charge in [0, 0.05) is 58.8 Å². The van der Waals surface area contributed by atoms with E-state index in [-0.39, 0.29) is 54.4 Å². The maximum Gasteiger partial charge on any atom is 0.225 e. The molecule has 4 fully saturated rings. The topological polar surface area (TPSA) is 145 Å². The van der Waals surface area contributed by atoms with Gasteiger partial charge in [0.25, 0.3) is 0 Å². The Kier molecular flexibility index (Phi) is 8.15. The number of primary amides is 1. The van der Waals surface area contributed by atoms with Crippen molar-refractivity contribution in [1.29, 1.82) is 0 Å². The second-order valence-corrected chi connectivity index (χ2v) is 9.69. The zero-order valence-corrected chi connectivity index (χ0v) is 19.5. The van der Waals surface area contributed by atoms with Crippen LogP contribution >= 0.6 is 0 Å². The van der Waals surface area contributed by atoms with Crippen LogP contribution in [0.4, 0.5) is 4.39 Å². The van der Waals surface area contributed by atoms with Gasteiger partial charge in [-0.05, 0) is 12.8 Å². The number of carbonyl (C=O) groups is 2. The highest BCUT2D eigenvalue weighted by molar-refractivity contribution is 5.79. The van der Waals surface area contributed by atoms with Crippen LogP contribution in [0.2, 0.25) is 0 Å². The molecule has 3 saturated heterocycles. The number of nitrogens with one attached hydrogen (secondary N) is 6. The lowest BCUT2D eigenvalue weighted by atomic mass is 9.80. The highest BCUT2D eigenvalue weighted by atomic mass is 19.1. The molecule has 0 aromatic rings. The fraction of sp³-hybridized carbons (Fsp3) is 0.905. The third kappa shape index (κ3) is 5.47. The minimum atomic E-state index is -0.878. The van der Waals surface area contributed by atoms with Gasteiger partial charge in [-0.1, -0.05) is 6.42 Å². The zero-order valence-electron chi connectivity index (χ0n) is 19.5. The predicted molar refractivity (Wildman–Crippen MR) is 120 cm³/mol. The van der Waals surface area contributed by atoms with Gasteiger partial charge in [0.2, 0.25) is 11.8 Å². The van der Waals surface area contributed by atoms with E-state index in [0.717, 1.165) is 19.3 Å². The van der Waals surface area contributed by atoms with E-state index in [9.17, 15) is 14.0 Å². The van der Waals surface area contributed by atoms with Crippen LogP contribution in [-0.2, 0) is 14.3 Å². The van der Waals surface area contributed by atoms with E-state index < -0.39 is 12.1 Å². The number of ether oxygens (including phenoxy) is 1. The summed E-state index contributed by atoms with van der Waals surface area (Å²) in [5, 5.41) is 19.7. The van der Waals surface area contributed by atoms with E-state index in [2.05, 4.69) is 36.8 Å². The molecule has 12 heteroatoms. The summed E-state index contributed by atoms with van der Waals surface area (Å²) in [5.74, 6) is -0.582. The van der Waals surface area contributed by atoms with Crippen LogP contribution < -0.4 is 37.6 Å². The summed E-state index contributed by atoms with van der Waals surface area (Å²) in [6.07, 6.45) is 1.46. The summed E-state index contributed by atoms with van der Waals surface area (Å²) in [6, 6.07) is 0.0218. The van der Waals surface area contributed by atoms with Gasteiger partial charge in [0.05, 0.1) is 30.3 Å². The molecule has 0 aromatic carbocycles. The molecule has 3 heterocycles. The van der Waals surface area contributed by atoms with Crippen LogP contribution in [0.15, 0.2) is 0 Å². The molecule has 0 bridgehead atoms. The number of halogens is 1. The highest BCUT2D eigenvalue weighted by Crippen LogP contribution is 2.30. The number of hydrogen-bond acceptors (Lipinski definition) is 9. The van der Waals surface area contributed by atoms with Crippen molar-refractivity contribution in [3.8, 4) is 0 Å². The van der Waals surface area contributed by atoms with Crippen molar-refractivity contribution < 1.29 is 18.7 Å². The van der Waals surface area contributed by atoms with E-state index in [4.69, 9.17) is 10.5 Å². The summed E-state index contributed by atoms with van der Waals surface area (Å²) >= 11 is 0. The molecule has 1 aliphatic carbocycles. The number of rotatable bonds is 7. The molecule has 6 unspecified atom stereocenters. The van der Waals surface area contributed by atoms with Crippen LogP contribution in [0.1, 0.15) is 19.3 Å². The maximum absolute atomic E-state index is 13.6. The fourth-order valence-electron chi connectivity index (χ4n) is 5.72. The average molecular weight is 471 g/mol. The first-order valence-corrected chi connectivity index (χ1v) is 12.0. The van der Waals surface area contributed by atoms with E-state index in [1.54, 1.807) is 14.2 Å². The smallest absolute Gasteiger partial charge is 0.225 e. The van der Waals surface area contributed by atoms with Gasteiger partial charge in [-0.15, -0.1) is 0 Å². The molecule has 0 spiro atoms. The van der Waals surface area contributed by atoms with Crippen LogP contribution in [0.25, 0.3) is 0 Å². The Labute approximate surface area is 194 Å². The van der Waals surface area contributed by atoms with E-state index in [0.29, 0.717) is 32.7 Å². The van der Waals surface area contributed by atoms with Gasteiger partial charge >= 0.3 is 0 Å². The second-order valence-electron chi connectivity index (χ2n) is 9.69. The molecular formula is C21H39FN8O3. The number of carbonyl (C=O) groups excluding carboxylic acids is 2. The van der Waals surface area contributed by atoms with E-state index in [1.165, 1.54) is 0 Å². The molecule has 4 aliphatic rings. The molecule has 6 atom stereocenters. The Balaban J connectivity index is 1.39. The first-order valence-electron chi connectivity index (χ1n) is 12.0. The fourth-order valence-corrected chi connectivity index (χ4v) is 5.72. The molecule has 11 nitrogen and oxygen atoms in total. The monoisotopic (exact) mass is 470 g/mol. The first-order chi connectivity index (χ1) is 15.9. The molecule has 4 rings (SSSR count). The lowest BCUT2D eigenvalue weighted by Crippen LogP contribution is -2.75. The van der Waals surface area contributed by atoms with Gasteiger partial charge in [-0.3, -0.25) is 41.1 Å². The molecule has 0 aromatic heterocycles. The number of hydrogen-bond donors (Lipinski definition) is 7. The molecule has 1 saturated carbocycles. The van der Waals surface area contributed by atoms with Gasteiger partial charge in [-0.2, -0.15) is 0 Å². The quantitative estimate of drug-likeness (QED) is 0.210. The Morgan fingerprint density at radius 3 is 2.48 bits per heavy atom. The van der Waals surface area contributed by atoms with Gasteiger partial charge in [0.15, 0.2) is 0 Å². The van der Waals surface area contributed by atoms with Crippen LogP contribution in [0.3, 0.4) is 0 Å². The standard InChI is InChI=1S/C21H39FN8O3/c1-24-20(32)11-9-30(10-11)21-27-8-14(17(23)31)19(29-21)28-15-5-3-4-13(16(15)33-2)18-25-6-12(22)7-26-18/h11-16,18-19,21,25-29H,3-10H2,1-2H3,(H2,23,31)(H,24,32). The number of alkyl halides is 1. The molecular weight excluding hydrogens is 431 g/mol. The summed E-state index contributed by atoms with van der Waals surface area (Å²) in [7, 11) is 3.36. The second kappa shape index (κ2) is 10.9. The van der Waals surface area contributed by atoms with Gasteiger partial charge in [-0.25, -0.2) is 4.39 Å². The number of likely N-dealkylation sites (tertiary alicyclic amines) is 1. The Morgan fingerprint density at radius 1 is 1.12 bits per heavy atom. The molecule has 33 heavy (non-hydrogen) atoms. The largest absolute Gasteiger partial charge is 0.379 e.